The molecular weight excluding hydrogens is 403 g/mol. The summed E-state index contributed by atoms with van der Waals surface area (Å²) in [6.45, 7) is 2.62. The highest BCUT2D eigenvalue weighted by Crippen LogP contribution is 2.21. The maximum absolute atomic E-state index is 13.9. The molecule has 8 heteroatoms. The van der Waals surface area contributed by atoms with Gasteiger partial charge in [0.2, 0.25) is 15.9 Å². The largest absolute Gasteiger partial charge is 0.337 e. The number of aryl methyl sites for hydroxylation is 1. The van der Waals surface area contributed by atoms with Crippen LogP contribution in [-0.4, -0.2) is 49.7 Å². The molecule has 1 heterocycles. The van der Waals surface area contributed by atoms with Crippen molar-refractivity contribution in [1.29, 1.82) is 0 Å². The lowest BCUT2D eigenvalue weighted by Gasteiger charge is -2.33. The van der Waals surface area contributed by atoms with Gasteiger partial charge in [-0.2, -0.15) is 4.31 Å². The summed E-state index contributed by atoms with van der Waals surface area (Å²) in [6.07, 6.45) is 3.12. The van der Waals surface area contributed by atoms with Gasteiger partial charge in [-0.05, 0) is 42.3 Å². The fraction of sp³-hybridized carbons (Fsp3) is 0.250. The molecule has 28 heavy (non-hydrogen) atoms. The Balaban J connectivity index is 1.63. The third-order valence-corrected chi connectivity index (χ3v) is 6.96. The zero-order valence-corrected chi connectivity index (χ0v) is 16.9. The number of amides is 1. The Morgan fingerprint density at radius 2 is 1.79 bits per heavy atom. The molecule has 0 unspecified atom stereocenters. The highest BCUT2D eigenvalue weighted by molar-refractivity contribution is 7.89. The van der Waals surface area contributed by atoms with Crippen LogP contribution in [0.25, 0.3) is 6.08 Å². The number of carbonyl (C=O) groups excluding carboxylic acids is 1. The summed E-state index contributed by atoms with van der Waals surface area (Å²) < 4.78 is 40.3. The van der Waals surface area contributed by atoms with Gasteiger partial charge >= 0.3 is 0 Å². The molecular formula is C20H20ClFN2O3S. The molecule has 0 aromatic heterocycles. The van der Waals surface area contributed by atoms with Crippen molar-refractivity contribution < 1.29 is 17.6 Å². The van der Waals surface area contributed by atoms with Crippen LogP contribution in [0.3, 0.4) is 0 Å². The predicted molar refractivity (Wildman–Crippen MR) is 107 cm³/mol. The van der Waals surface area contributed by atoms with E-state index in [4.69, 9.17) is 11.6 Å². The number of sulfonamides is 1. The van der Waals surface area contributed by atoms with Gasteiger partial charge in [0.05, 0.1) is 0 Å². The van der Waals surface area contributed by atoms with Gasteiger partial charge in [-0.25, -0.2) is 12.8 Å². The first kappa shape index (κ1) is 20.5. The van der Waals surface area contributed by atoms with E-state index in [1.54, 1.807) is 17.0 Å². The summed E-state index contributed by atoms with van der Waals surface area (Å²) in [7, 11) is -3.92. The molecule has 1 saturated heterocycles. The van der Waals surface area contributed by atoms with Crippen LogP contribution in [0.1, 0.15) is 11.1 Å². The third-order valence-electron chi connectivity index (χ3n) is 4.62. The van der Waals surface area contributed by atoms with Gasteiger partial charge in [0.1, 0.15) is 10.7 Å². The monoisotopic (exact) mass is 422 g/mol. The Morgan fingerprint density at radius 1 is 1.11 bits per heavy atom. The highest BCUT2D eigenvalue weighted by Gasteiger charge is 2.31. The number of benzene rings is 2. The average Bonchev–Trinajstić information content (AvgIpc) is 2.69. The van der Waals surface area contributed by atoms with Crippen molar-refractivity contribution in [2.24, 2.45) is 0 Å². The second kappa shape index (κ2) is 8.43. The van der Waals surface area contributed by atoms with E-state index in [0.29, 0.717) is 5.02 Å². The Morgan fingerprint density at radius 3 is 2.43 bits per heavy atom. The highest BCUT2D eigenvalue weighted by atomic mass is 35.5. The van der Waals surface area contributed by atoms with Crippen molar-refractivity contribution in [3.63, 3.8) is 0 Å². The number of halogens is 2. The van der Waals surface area contributed by atoms with Crippen LogP contribution in [0, 0.1) is 12.7 Å². The first-order valence-corrected chi connectivity index (χ1v) is 10.6. The summed E-state index contributed by atoms with van der Waals surface area (Å²) in [5.41, 5.74) is 1.77. The van der Waals surface area contributed by atoms with E-state index in [1.165, 1.54) is 28.6 Å². The Labute approximate surface area is 169 Å². The van der Waals surface area contributed by atoms with Gasteiger partial charge in [0, 0.05) is 37.3 Å². The molecule has 0 atom stereocenters. The lowest BCUT2D eigenvalue weighted by molar-refractivity contribution is -0.127. The van der Waals surface area contributed by atoms with Gasteiger partial charge in [-0.3, -0.25) is 4.79 Å². The third kappa shape index (κ3) is 4.43. The molecule has 0 bridgehead atoms. The first-order chi connectivity index (χ1) is 13.3. The van der Waals surface area contributed by atoms with Crippen LogP contribution in [-0.2, 0) is 14.8 Å². The van der Waals surface area contributed by atoms with Crippen molar-refractivity contribution in [2.75, 3.05) is 26.2 Å². The lowest BCUT2D eigenvalue weighted by atomic mass is 10.1. The van der Waals surface area contributed by atoms with Gasteiger partial charge < -0.3 is 4.90 Å². The maximum Gasteiger partial charge on any atom is 0.246 e. The lowest BCUT2D eigenvalue weighted by Crippen LogP contribution is -2.50. The normalized spacial score (nSPS) is 15.9. The minimum atomic E-state index is -3.92. The first-order valence-electron chi connectivity index (χ1n) is 8.77. The fourth-order valence-corrected chi connectivity index (χ4v) is 4.60. The van der Waals surface area contributed by atoms with Gasteiger partial charge in [-0.1, -0.05) is 35.9 Å². The van der Waals surface area contributed by atoms with Crippen molar-refractivity contribution in [3.8, 4) is 0 Å². The van der Waals surface area contributed by atoms with Crippen LogP contribution in [0.15, 0.2) is 53.4 Å². The SMILES string of the molecule is Cc1ccc(/C=C/C(=O)N2CCN(S(=O)(=O)c3ccccc3F)CC2)cc1Cl. The minimum absolute atomic E-state index is 0.118. The van der Waals surface area contributed by atoms with Crippen molar-refractivity contribution in [2.45, 2.75) is 11.8 Å². The fourth-order valence-electron chi connectivity index (χ4n) is 2.93. The number of rotatable bonds is 4. The van der Waals surface area contributed by atoms with Crippen LogP contribution in [0.2, 0.25) is 5.02 Å². The molecule has 0 spiro atoms. The molecule has 1 aliphatic heterocycles. The number of hydrogen-bond acceptors (Lipinski definition) is 3. The maximum atomic E-state index is 13.9. The number of hydrogen-bond donors (Lipinski definition) is 0. The van der Waals surface area contributed by atoms with Gasteiger partial charge in [-0.15, -0.1) is 0 Å². The summed E-state index contributed by atoms with van der Waals surface area (Å²) in [4.78, 5) is 13.6. The van der Waals surface area contributed by atoms with E-state index < -0.39 is 15.8 Å². The van der Waals surface area contributed by atoms with E-state index >= 15 is 0 Å². The summed E-state index contributed by atoms with van der Waals surface area (Å²) in [6, 6.07) is 10.8. The van der Waals surface area contributed by atoms with E-state index in [0.717, 1.165) is 17.2 Å². The molecule has 148 valence electrons. The van der Waals surface area contributed by atoms with Crippen LogP contribution in [0.4, 0.5) is 4.39 Å². The van der Waals surface area contributed by atoms with Crippen molar-refractivity contribution >= 4 is 33.6 Å². The minimum Gasteiger partial charge on any atom is -0.337 e. The Hall–Kier alpha value is -2.22. The molecule has 5 nitrogen and oxygen atoms in total. The van der Waals surface area contributed by atoms with Crippen LogP contribution in [0.5, 0.6) is 0 Å². The smallest absolute Gasteiger partial charge is 0.246 e. The Kier molecular flexibility index (Phi) is 6.17. The second-order valence-electron chi connectivity index (χ2n) is 6.50. The molecule has 1 fully saturated rings. The number of carbonyl (C=O) groups is 1. The molecule has 0 saturated carbocycles. The summed E-state index contributed by atoms with van der Waals surface area (Å²) >= 11 is 6.08. The second-order valence-corrected chi connectivity index (χ2v) is 8.82. The van der Waals surface area contributed by atoms with Gasteiger partial charge in [0.15, 0.2) is 0 Å². The van der Waals surface area contributed by atoms with Gasteiger partial charge in [0.25, 0.3) is 0 Å². The van der Waals surface area contributed by atoms with E-state index in [1.807, 2.05) is 19.1 Å². The van der Waals surface area contributed by atoms with E-state index in [2.05, 4.69) is 0 Å². The van der Waals surface area contributed by atoms with Crippen LogP contribution < -0.4 is 0 Å². The Bertz CT molecular complexity index is 1020. The van der Waals surface area contributed by atoms with Crippen molar-refractivity contribution in [1.82, 2.24) is 9.21 Å². The quantitative estimate of drug-likeness (QED) is 0.710. The van der Waals surface area contributed by atoms with Crippen LogP contribution >= 0.6 is 11.6 Å². The zero-order valence-electron chi connectivity index (χ0n) is 15.3. The molecule has 2 aromatic carbocycles. The molecule has 1 aliphatic rings. The average molecular weight is 423 g/mol. The van der Waals surface area contributed by atoms with E-state index in [-0.39, 0.29) is 37.0 Å². The summed E-state index contributed by atoms with van der Waals surface area (Å²) in [5.74, 6) is -0.986. The topological polar surface area (TPSA) is 57.7 Å². The predicted octanol–water partition coefficient (Wildman–Crippen LogP) is 3.33. The van der Waals surface area contributed by atoms with Crippen molar-refractivity contribution in [3.05, 3.63) is 70.5 Å². The zero-order chi connectivity index (χ0) is 20.3. The molecule has 2 aromatic rings. The molecule has 0 N–H and O–H groups in total. The molecule has 0 radical (unpaired) electrons. The van der Waals surface area contributed by atoms with E-state index in [9.17, 15) is 17.6 Å². The molecule has 0 aliphatic carbocycles. The molecule has 3 rings (SSSR count). The number of nitrogens with zero attached hydrogens (tertiary/aromatic N) is 2. The standard InChI is InChI=1S/C20H20ClFN2O3S/c1-15-6-7-16(14-17(15)21)8-9-20(25)23-10-12-24(13-11-23)28(26,27)19-5-3-2-4-18(19)22/h2-9,14H,10-13H2,1H3/b9-8+. The molecule has 1 amide bonds. The summed E-state index contributed by atoms with van der Waals surface area (Å²) in [5, 5.41) is 0.626. The number of piperazine rings is 1.